The first-order valence-electron chi connectivity index (χ1n) is 9.02. The maximum absolute atomic E-state index is 13.0. The molecule has 7 nitrogen and oxygen atoms in total. The van der Waals surface area contributed by atoms with Gasteiger partial charge in [0.05, 0.1) is 23.7 Å². The van der Waals surface area contributed by atoms with Gasteiger partial charge in [-0.2, -0.15) is 4.31 Å². The molecule has 1 N–H and O–H groups in total. The Hall–Kier alpha value is -1.98. The zero-order chi connectivity index (χ0) is 22.1. The number of benzene rings is 2. The summed E-state index contributed by atoms with van der Waals surface area (Å²) < 4.78 is 50.2. The van der Waals surface area contributed by atoms with Crippen LogP contribution in [0.2, 0.25) is 0 Å². The molecule has 0 aliphatic heterocycles. The van der Waals surface area contributed by atoms with Crippen molar-refractivity contribution in [1.82, 2.24) is 4.31 Å². The molecule has 2 rings (SSSR count). The second-order valence-electron chi connectivity index (χ2n) is 6.27. The van der Waals surface area contributed by atoms with Crippen LogP contribution in [0.1, 0.15) is 15.9 Å². The van der Waals surface area contributed by atoms with E-state index in [0.29, 0.717) is 10.6 Å². The van der Waals surface area contributed by atoms with Crippen LogP contribution < -0.4 is 0 Å². The van der Waals surface area contributed by atoms with Gasteiger partial charge in [-0.1, -0.05) is 12.1 Å². The van der Waals surface area contributed by atoms with E-state index in [9.17, 15) is 22.7 Å². The summed E-state index contributed by atoms with van der Waals surface area (Å²) in [6, 6.07) is 9.93. The second kappa shape index (κ2) is 11.4. The fraction of sp³-hybridized carbons (Fsp3) is 0.350. The van der Waals surface area contributed by atoms with Crippen LogP contribution in [0.5, 0.6) is 0 Å². The molecule has 0 amide bonds. The molecule has 0 aromatic heterocycles. The monoisotopic (exact) mass is 457 g/mol. The number of thioether (sulfide) groups is 1. The average Bonchev–Trinajstić information content (AvgIpc) is 2.73. The van der Waals surface area contributed by atoms with Gasteiger partial charge in [0.25, 0.3) is 0 Å². The van der Waals surface area contributed by atoms with Gasteiger partial charge in [-0.05, 0) is 35.9 Å². The highest BCUT2D eigenvalue weighted by Gasteiger charge is 2.26. The van der Waals surface area contributed by atoms with Gasteiger partial charge in [0, 0.05) is 38.0 Å². The molecule has 0 bridgehead atoms. The first-order chi connectivity index (χ1) is 14.3. The smallest absolute Gasteiger partial charge is 0.336 e. The molecule has 0 unspecified atom stereocenters. The molecule has 0 fully saturated rings. The Balaban J connectivity index is 2.29. The molecular weight excluding hydrogens is 433 g/mol. The number of aromatic carboxylic acids is 1. The van der Waals surface area contributed by atoms with E-state index >= 15 is 0 Å². The van der Waals surface area contributed by atoms with Crippen molar-refractivity contribution in [2.45, 2.75) is 15.5 Å². The van der Waals surface area contributed by atoms with Crippen molar-refractivity contribution < 1.29 is 32.2 Å². The summed E-state index contributed by atoms with van der Waals surface area (Å²) in [6.45, 7) is 0.623. The number of hydrogen-bond donors (Lipinski definition) is 1. The lowest BCUT2D eigenvalue weighted by Crippen LogP contribution is -2.36. The second-order valence-corrected chi connectivity index (χ2v) is 9.22. The lowest BCUT2D eigenvalue weighted by atomic mass is 10.2. The Morgan fingerprint density at radius 2 is 1.67 bits per heavy atom. The fourth-order valence-electron chi connectivity index (χ4n) is 2.59. The molecule has 0 radical (unpaired) electrons. The molecule has 0 aliphatic carbocycles. The predicted octanol–water partition coefficient (Wildman–Crippen LogP) is 3.10. The molecule has 0 aliphatic rings. The van der Waals surface area contributed by atoms with Crippen molar-refractivity contribution in [2.75, 3.05) is 40.5 Å². The Labute approximate surface area is 179 Å². The minimum Gasteiger partial charge on any atom is -0.478 e. The molecular formula is C20H24FNO6S2. The van der Waals surface area contributed by atoms with Crippen molar-refractivity contribution in [2.24, 2.45) is 0 Å². The summed E-state index contributed by atoms with van der Waals surface area (Å²) in [7, 11) is -0.993. The van der Waals surface area contributed by atoms with Gasteiger partial charge in [-0.3, -0.25) is 0 Å². The predicted molar refractivity (Wildman–Crippen MR) is 112 cm³/mol. The normalized spacial score (nSPS) is 11.7. The number of hydrogen-bond acceptors (Lipinski definition) is 6. The van der Waals surface area contributed by atoms with E-state index in [-0.39, 0.29) is 42.6 Å². The van der Waals surface area contributed by atoms with Crippen LogP contribution in [-0.4, -0.2) is 64.3 Å². The van der Waals surface area contributed by atoms with E-state index in [0.717, 1.165) is 11.6 Å². The number of rotatable bonds is 12. The third kappa shape index (κ3) is 6.51. The molecule has 2 aromatic rings. The average molecular weight is 458 g/mol. The summed E-state index contributed by atoms with van der Waals surface area (Å²) in [6.07, 6.45) is 0. The van der Waals surface area contributed by atoms with Crippen molar-refractivity contribution in [3.63, 3.8) is 0 Å². The van der Waals surface area contributed by atoms with Crippen LogP contribution >= 0.6 is 11.8 Å². The number of carbonyl (C=O) groups is 1. The quantitative estimate of drug-likeness (QED) is 0.490. The van der Waals surface area contributed by atoms with Gasteiger partial charge in [0.1, 0.15) is 5.82 Å². The molecule has 0 atom stereocenters. The SMILES string of the molecule is COCCN(CCOC)S(=O)(=O)c1ccc(SCc2ccc(F)cc2)c(C(=O)O)c1. The largest absolute Gasteiger partial charge is 0.478 e. The summed E-state index contributed by atoms with van der Waals surface area (Å²) in [4.78, 5) is 12.1. The Morgan fingerprint density at radius 3 is 2.20 bits per heavy atom. The first-order valence-corrected chi connectivity index (χ1v) is 11.4. The van der Waals surface area contributed by atoms with E-state index in [2.05, 4.69) is 0 Å². The van der Waals surface area contributed by atoms with Crippen molar-refractivity contribution in [3.8, 4) is 0 Å². The van der Waals surface area contributed by atoms with E-state index in [1.807, 2.05) is 0 Å². The molecule has 0 heterocycles. The van der Waals surface area contributed by atoms with Crippen LogP contribution in [0.3, 0.4) is 0 Å². The third-order valence-electron chi connectivity index (χ3n) is 4.22. The molecule has 164 valence electrons. The Morgan fingerprint density at radius 1 is 1.07 bits per heavy atom. The van der Waals surface area contributed by atoms with Crippen molar-refractivity contribution in [1.29, 1.82) is 0 Å². The standard InChI is InChI=1S/C20H24FNO6S2/c1-27-11-9-22(10-12-28-2)30(25,26)17-7-8-19(18(13-17)20(23)24)29-14-15-3-5-16(21)6-4-15/h3-8,13H,9-12,14H2,1-2H3,(H,23,24). The number of carboxylic acids is 1. The van der Waals surface area contributed by atoms with Crippen LogP contribution in [0.25, 0.3) is 0 Å². The highest BCUT2D eigenvalue weighted by atomic mass is 32.2. The van der Waals surface area contributed by atoms with Crippen molar-refractivity contribution >= 4 is 27.8 Å². The van der Waals surface area contributed by atoms with E-state index in [1.54, 1.807) is 12.1 Å². The van der Waals surface area contributed by atoms with Crippen LogP contribution in [0, 0.1) is 5.82 Å². The zero-order valence-electron chi connectivity index (χ0n) is 16.7. The van der Waals surface area contributed by atoms with Gasteiger partial charge in [0.2, 0.25) is 10.0 Å². The minimum atomic E-state index is -3.93. The van der Waals surface area contributed by atoms with E-state index in [4.69, 9.17) is 9.47 Å². The Kier molecular flexibility index (Phi) is 9.25. The molecule has 0 spiro atoms. The number of halogens is 1. The van der Waals surface area contributed by atoms with Crippen LogP contribution in [0.15, 0.2) is 52.3 Å². The number of nitrogens with zero attached hydrogens (tertiary/aromatic N) is 1. The zero-order valence-corrected chi connectivity index (χ0v) is 18.3. The highest BCUT2D eigenvalue weighted by Crippen LogP contribution is 2.29. The topological polar surface area (TPSA) is 93.1 Å². The maximum Gasteiger partial charge on any atom is 0.336 e. The van der Waals surface area contributed by atoms with Gasteiger partial charge in [0.15, 0.2) is 0 Å². The van der Waals surface area contributed by atoms with Crippen LogP contribution in [-0.2, 0) is 25.2 Å². The summed E-state index contributed by atoms with van der Waals surface area (Å²) >= 11 is 1.24. The van der Waals surface area contributed by atoms with Gasteiger partial charge in [-0.25, -0.2) is 17.6 Å². The van der Waals surface area contributed by atoms with Gasteiger partial charge >= 0.3 is 5.97 Å². The van der Waals surface area contributed by atoms with E-state index in [1.165, 1.54) is 54.6 Å². The lowest BCUT2D eigenvalue weighted by Gasteiger charge is -2.22. The first kappa shape index (κ1) is 24.3. The molecule has 30 heavy (non-hydrogen) atoms. The van der Waals surface area contributed by atoms with Gasteiger partial charge < -0.3 is 14.6 Å². The van der Waals surface area contributed by atoms with Crippen LogP contribution in [0.4, 0.5) is 4.39 Å². The maximum atomic E-state index is 13.0. The summed E-state index contributed by atoms with van der Waals surface area (Å²) in [5.74, 6) is -1.16. The molecule has 2 aromatic carbocycles. The Bertz CT molecular complexity index is 942. The highest BCUT2D eigenvalue weighted by molar-refractivity contribution is 7.98. The third-order valence-corrected chi connectivity index (χ3v) is 7.26. The van der Waals surface area contributed by atoms with E-state index < -0.39 is 16.0 Å². The lowest BCUT2D eigenvalue weighted by molar-refractivity contribution is 0.0692. The minimum absolute atomic E-state index is 0.110. The number of methoxy groups -OCH3 is 2. The number of ether oxygens (including phenoxy) is 2. The number of sulfonamides is 1. The summed E-state index contributed by atoms with van der Waals surface area (Å²) in [5.41, 5.74) is 0.710. The van der Waals surface area contributed by atoms with Gasteiger partial charge in [-0.15, -0.1) is 11.8 Å². The molecule has 0 saturated heterocycles. The number of carboxylic acid groups (broad SMARTS) is 1. The molecule has 0 saturated carbocycles. The molecule has 10 heteroatoms. The fourth-order valence-corrected chi connectivity index (χ4v) is 5.01. The summed E-state index contributed by atoms with van der Waals surface area (Å²) in [5, 5.41) is 9.60. The van der Waals surface area contributed by atoms with Crippen molar-refractivity contribution in [3.05, 3.63) is 59.4 Å².